The average molecular weight is 438 g/mol. The normalized spacial score (nSPS) is 14.7. The van der Waals surface area contributed by atoms with Crippen LogP contribution in [0.2, 0.25) is 0 Å². The van der Waals surface area contributed by atoms with E-state index in [1.165, 1.54) is 32.4 Å². The molecular formula is C25H35N5O2. The van der Waals surface area contributed by atoms with Crippen LogP contribution in [0.1, 0.15) is 43.3 Å². The number of ether oxygens (including phenoxy) is 2. The summed E-state index contributed by atoms with van der Waals surface area (Å²) in [6, 6.07) is 6.00. The molecule has 1 fully saturated rings. The highest BCUT2D eigenvalue weighted by atomic mass is 16.5. The van der Waals surface area contributed by atoms with E-state index >= 15 is 0 Å². The van der Waals surface area contributed by atoms with Crippen molar-refractivity contribution < 1.29 is 9.47 Å². The predicted octanol–water partition coefficient (Wildman–Crippen LogP) is 4.65. The summed E-state index contributed by atoms with van der Waals surface area (Å²) >= 11 is 0. The van der Waals surface area contributed by atoms with E-state index in [0.717, 1.165) is 63.9 Å². The number of anilines is 1. The Hall–Kier alpha value is -2.80. The second-order valence-corrected chi connectivity index (χ2v) is 8.49. The summed E-state index contributed by atoms with van der Waals surface area (Å²) in [4.78, 5) is 2.53. The van der Waals surface area contributed by atoms with E-state index in [1.54, 1.807) is 7.11 Å². The van der Waals surface area contributed by atoms with Gasteiger partial charge in [0.1, 0.15) is 11.5 Å². The Bertz CT molecular complexity index is 1090. The molecule has 7 heteroatoms. The van der Waals surface area contributed by atoms with Crippen LogP contribution in [0, 0.1) is 20.8 Å². The van der Waals surface area contributed by atoms with Crippen LogP contribution in [0.3, 0.4) is 0 Å². The molecule has 0 amide bonds. The number of fused-ring (bicyclic) bond motifs is 1. The molecule has 0 spiro atoms. The van der Waals surface area contributed by atoms with Gasteiger partial charge in [-0.15, -0.1) is 5.10 Å². The number of nitrogens with one attached hydrogen (secondary N) is 1. The van der Waals surface area contributed by atoms with Gasteiger partial charge in [0.25, 0.3) is 0 Å². The van der Waals surface area contributed by atoms with Crippen LogP contribution >= 0.6 is 0 Å². The van der Waals surface area contributed by atoms with Crippen LogP contribution in [-0.2, 0) is 0 Å². The molecule has 2 aromatic heterocycles. The number of nitrogens with zero attached hydrogens (tertiary/aromatic N) is 4. The summed E-state index contributed by atoms with van der Waals surface area (Å²) in [5, 5.41) is 14.9. The van der Waals surface area contributed by atoms with E-state index in [0.29, 0.717) is 6.61 Å². The lowest BCUT2D eigenvalue weighted by Crippen LogP contribution is -2.33. The maximum absolute atomic E-state index is 5.73. The molecule has 0 unspecified atom stereocenters. The predicted molar refractivity (Wildman–Crippen MR) is 130 cm³/mol. The van der Waals surface area contributed by atoms with Crippen LogP contribution in [0.5, 0.6) is 11.5 Å². The van der Waals surface area contributed by atoms with Crippen LogP contribution in [-0.4, -0.2) is 59.6 Å². The van der Waals surface area contributed by atoms with Crippen molar-refractivity contribution in [1.82, 2.24) is 19.7 Å². The first-order valence-electron chi connectivity index (χ1n) is 11.7. The Balaban J connectivity index is 1.71. The summed E-state index contributed by atoms with van der Waals surface area (Å²) < 4.78 is 13.6. The lowest BCUT2D eigenvalue weighted by atomic mass is 10.1. The minimum Gasteiger partial charge on any atom is -0.494 e. The molecule has 1 N–H and O–H groups in total. The van der Waals surface area contributed by atoms with Crippen molar-refractivity contribution in [1.29, 1.82) is 0 Å². The maximum Gasteiger partial charge on any atom is 0.158 e. The monoisotopic (exact) mass is 437 g/mol. The third kappa shape index (κ3) is 4.26. The van der Waals surface area contributed by atoms with E-state index in [4.69, 9.17) is 9.47 Å². The minimum atomic E-state index is 0.622. The number of likely N-dealkylation sites (tertiary alicyclic amines) is 1. The molecule has 0 atom stereocenters. The van der Waals surface area contributed by atoms with Crippen LogP contribution in [0.25, 0.3) is 16.5 Å². The highest BCUT2D eigenvalue weighted by molar-refractivity contribution is 5.98. The van der Waals surface area contributed by atoms with Crippen molar-refractivity contribution in [3.63, 3.8) is 0 Å². The lowest BCUT2D eigenvalue weighted by molar-refractivity contribution is 0.237. The Labute approximate surface area is 190 Å². The molecule has 1 aliphatic rings. The molecule has 0 saturated carbocycles. The van der Waals surface area contributed by atoms with Crippen molar-refractivity contribution in [2.75, 3.05) is 45.2 Å². The topological polar surface area (TPSA) is 64.4 Å². The second kappa shape index (κ2) is 9.77. The van der Waals surface area contributed by atoms with Gasteiger partial charge < -0.3 is 24.3 Å². The van der Waals surface area contributed by atoms with Crippen LogP contribution < -0.4 is 14.8 Å². The quantitative estimate of drug-likeness (QED) is 0.553. The number of hydrogen-bond acceptors (Lipinski definition) is 6. The number of rotatable bonds is 8. The molecule has 0 radical (unpaired) electrons. The first-order chi connectivity index (χ1) is 15.5. The fourth-order valence-corrected chi connectivity index (χ4v) is 4.89. The van der Waals surface area contributed by atoms with Gasteiger partial charge in [-0.1, -0.05) is 6.42 Å². The zero-order valence-electron chi connectivity index (χ0n) is 20.0. The van der Waals surface area contributed by atoms with E-state index in [1.807, 2.05) is 26.0 Å². The van der Waals surface area contributed by atoms with Gasteiger partial charge in [-0.2, -0.15) is 5.10 Å². The zero-order chi connectivity index (χ0) is 22.7. The first kappa shape index (κ1) is 22.4. The summed E-state index contributed by atoms with van der Waals surface area (Å²) in [6.07, 6.45) is 3.97. The van der Waals surface area contributed by atoms with Gasteiger partial charge in [0.05, 0.1) is 25.1 Å². The largest absolute Gasteiger partial charge is 0.494 e. The average Bonchev–Trinajstić information content (AvgIpc) is 3.07. The Morgan fingerprint density at radius 3 is 2.47 bits per heavy atom. The fourth-order valence-electron chi connectivity index (χ4n) is 4.89. The Kier molecular flexibility index (Phi) is 6.84. The van der Waals surface area contributed by atoms with Gasteiger partial charge in [-0.05, 0) is 65.8 Å². The second-order valence-electron chi connectivity index (χ2n) is 8.49. The third-order valence-corrected chi connectivity index (χ3v) is 6.42. The third-order valence-electron chi connectivity index (χ3n) is 6.42. The summed E-state index contributed by atoms with van der Waals surface area (Å²) in [7, 11) is 1.70. The summed E-state index contributed by atoms with van der Waals surface area (Å²) in [5.74, 6) is 2.44. The molecule has 4 rings (SSSR count). The van der Waals surface area contributed by atoms with Gasteiger partial charge in [0.2, 0.25) is 0 Å². The first-order valence-corrected chi connectivity index (χ1v) is 11.7. The van der Waals surface area contributed by atoms with E-state index in [-0.39, 0.29) is 0 Å². The summed E-state index contributed by atoms with van der Waals surface area (Å²) in [5.41, 5.74) is 4.18. The Morgan fingerprint density at radius 2 is 1.75 bits per heavy atom. The maximum atomic E-state index is 5.73. The fraction of sp³-hybridized carbons (Fsp3) is 0.520. The van der Waals surface area contributed by atoms with Gasteiger partial charge in [0, 0.05) is 41.3 Å². The van der Waals surface area contributed by atoms with Crippen molar-refractivity contribution >= 4 is 16.6 Å². The lowest BCUT2D eigenvalue weighted by Gasteiger charge is -2.26. The van der Waals surface area contributed by atoms with Crippen LogP contribution in [0.4, 0.5) is 5.82 Å². The molecule has 0 bridgehead atoms. The number of aryl methyl sites for hydroxylation is 3. The van der Waals surface area contributed by atoms with E-state index in [9.17, 15) is 0 Å². The molecular weight excluding hydrogens is 402 g/mol. The van der Waals surface area contributed by atoms with E-state index < -0.39 is 0 Å². The molecule has 3 heterocycles. The van der Waals surface area contributed by atoms with Crippen molar-refractivity contribution in [3.8, 4) is 17.2 Å². The number of aromatic nitrogens is 3. The van der Waals surface area contributed by atoms with Crippen LogP contribution in [0.15, 0.2) is 18.2 Å². The SMILES string of the molecule is CCOc1ccc(-n2c(C)c3c(C)nnc(NCCN4CCCCC4)c3c2C)c(OC)c1. The summed E-state index contributed by atoms with van der Waals surface area (Å²) in [6.45, 7) is 13.2. The molecule has 32 heavy (non-hydrogen) atoms. The van der Waals surface area contributed by atoms with Crippen molar-refractivity contribution in [2.24, 2.45) is 0 Å². The van der Waals surface area contributed by atoms with Gasteiger partial charge in [-0.3, -0.25) is 0 Å². The molecule has 3 aromatic rings. The smallest absolute Gasteiger partial charge is 0.158 e. The number of benzene rings is 1. The molecule has 0 aliphatic carbocycles. The number of hydrogen-bond donors (Lipinski definition) is 1. The van der Waals surface area contributed by atoms with Crippen molar-refractivity contribution in [3.05, 3.63) is 35.3 Å². The number of methoxy groups -OCH3 is 1. The molecule has 1 saturated heterocycles. The zero-order valence-corrected chi connectivity index (χ0v) is 20.0. The Morgan fingerprint density at radius 1 is 1.00 bits per heavy atom. The highest BCUT2D eigenvalue weighted by Gasteiger charge is 2.21. The highest BCUT2D eigenvalue weighted by Crippen LogP contribution is 2.37. The minimum absolute atomic E-state index is 0.622. The van der Waals surface area contributed by atoms with Gasteiger partial charge >= 0.3 is 0 Å². The molecule has 172 valence electrons. The molecule has 7 nitrogen and oxygen atoms in total. The van der Waals surface area contributed by atoms with Gasteiger partial charge in [-0.25, -0.2) is 0 Å². The number of piperidine rings is 1. The molecule has 1 aromatic carbocycles. The molecule has 1 aliphatic heterocycles. The van der Waals surface area contributed by atoms with Crippen molar-refractivity contribution in [2.45, 2.75) is 47.0 Å². The standard InChI is InChI=1S/C25H35N5O2/c1-6-32-20-10-11-21(22(16-20)31-5)30-18(3)23-17(2)27-28-25(24(23)19(30)4)26-12-15-29-13-8-7-9-14-29/h10-11,16H,6-9,12-15H2,1-5H3,(H,26,28). The van der Waals surface area contributed by atoms with E-state index in [2.05, 4.69) is 44.9 Å². The van der Waals surface area contributed by atoms with Gasteiger partial charge in [0.15, 0.2) is 5.82 Å².